The van der Waals surface area contributed by atoms with Crippen molar-refractivity contribution < 1.29 is 13.0 Å². The third-order valence-electron chi connectivity index (χ3n) is 3.50. The fourth-order valence-electron chi connectivity index (χ4n) is 2.64. The van der Waals surface area contributed by atoms with E-state index in [2.05, 4.69) is 46.6 Å². The molecule has 0 bridgehead atoms. The van der Waals surface area contributed by atoms with E-state index in [0.717, 1.165) is 18.0 Å². The second-order valence-corrected chi connectivity index (χ2v) is 19.6. The maximum absolute atomic E-state index is 6.61. The topological polar surface area (TPSA) is 27.7 Å². The predicted molar refractivity (Wildman–Crippen MR) is 90.9 cm³/mol. The molecule has 0 aliphatic carbocycles. The molecule has 0 unspecified atom stereocenters. The van der Waals surface area contributed by atoms with Crippen LogP contribution in [0.2, 0.25) is 50.9 Å². The summed E-state index contributed by atoms with van der Waals surface area (Å²) in [7, 11) is -1.55. The van der Waals surface area contributed by atoms with Crippen molar-refractivity contribution >= 4 is 25.2 Å². The first kappa shape index (κ1) is 19.5. The lowest BCUT2D eigenvalue weighted by molar-refractivity contribution is 0.250. The molecule has 0 saturated carbocycles. The standard InChI is InChI=1S/C13H34O3Si3/c1-13(2)12-18(7,8)16-17(5,6)10-11-19(9,14-3)15-4/h13H,10-12H2,1-9H3. The average Bonchev–Trinajstić information content (AvgIpc) is 2.22. The smallest absolute Gasteiger partial charge is 0.334 e. The molecule has 0 saturated heterocycles. The fraction of sp³-hybridized carbons (Fsp3) is 1.00. The molecule has 0 atom stereocenters. The van der Waals surface area contributed by atoms with Gasteiger partial charge in [0.05, 0.1) is 0 Å². The third-order valence-corrected chi connectivity index (χ3v) is 14.6. The van der Waals surface area contributed by atoms with Crippen LogP contribution >= 0.6 is 0 Å². The lowest BCUT2D eigenvalue weighted by Gasteiger charge is -2.36. The lowest BCUT2D eigenvalue weighted by Crippen LogP contribution is -2.47. The molecule has 0 aromatic heterocycles. The molecule has 19 heavy (non-hydrogen) atoms. The molecule has 116 valence electrons. The number of rotatable bonds is 9. The van der Waals surface area contributed by atoms with Crippen molar-refractivity contribution in [3.8, 4) is 0 Å². The summed E-state index contributed by atoms with van der Waals surface area (Å²) in [5, 5.41) is 0. The van der Waals surface area contributed by atoms with Gasteiger partial charge in [0.2, 0.25) is 0 Å². The van der Waals surface area contributed by atoms with E-state index >= 15 is 0 Å². The van der Waals surface area contributed by atoms with E-state index in [1.807, 2.05) is 0 Å². The summed E-state index contributed by atoms with van der Waals surface area (Å²) in [5.41, 5.74) is 0. The first-order valence-electron chi connectivity index (χ1n) is 7.26. The van der Waals surface area contributed by atoms with Gasteiger partial charge in [-0.3, -0.25) is 0 Å². The molecule has 0 aliphatic rings. The number of hydrogen-bond acceptors (Lipinski definition) is 3. The highest BCUT2D eigenvalue weighted by molar-refractivity contribution is 6.85. The molecule has 0 spiro atoms. The van der Waals surface area contributed by atoms with E-state index < -0.39 is 25.2 Å². The van der Waals surface area contributed by atoms with Crippen LogP contribution in [-0.4, -0.2) is 39.4 Å². The Labute approximate surface area is 123 Å². The molecule has 3 nitrogen and oxygen atoms in total. The van der Waals surface area contributed by atoms with E-state index in [-0.39, 0.29) is 0 Å². The zero-order valence-electron chi connectivity index (χ0n) is 14.4. The normalized spacial score (nSPS) is 14.2. The minimum atomic E-state index is -1.94. The molecule has 0 heterocycles. The second-order valence-electron chi connectivity index (χ2n) is 7.26. The van der Waals surface area contributed by atoms with Crippen LogP contribution < -0.4 is 0 Å². The average molecular weight is 323 g/mol. The summed E-state index contributed by atoms with van der Waals surface area (Å²) in [4.78, 5) is 0. The molecule has 6 heteroatoms. The van der Waals surface area contributed by atoms with Crippen LogP contribution in [0.5, 0.6) is 0 Å². The van der Waals surface area contributed by atoms with Gasteiger partial charge in [0.25, 0.3) is 0 Å². The van der Waals surface area contributed by atoms with Gasteiger partial charge in [-0.15, -0.1) is 0 Å². The molecule has 0 radical (unpaired) electrons. The number of hydrogen-bond donors (Lipinski definition) is 0. The fourth-order valence-corrected chi connectivity index (χ4v) is 16.1. The van der Waals surface area contributed by atoms with Crippen LogP contribution in [0.3, 0.4) is 0 Å². The third kappa shape index (κ3) is 8.41. The summed E-state index contributed by atoms with van der Waals surface area (Å²) in [6.45, 7) is 16.1. The highest BCUT2D eigenvalue weighted by Crippen LogP contribution is 2.28. The Kier molecular flexibility index (Phi) is 7.72. The van der Waals surface area contributed by atoms with Crippen molar-refractivity contribution in [1.29, 1.82) is 0 Å². The van der Waals surface area contributed by atoms with Crippen molar-refractivity contribution in [2.45, 2.75) is 64.7 Å². The zero-order chi connectivity index (χ0) is 15.3. The zero-order valence-corrected chi connectivity index (χ0v) is 17.4. The summed E-state index contributed by atoms with van der Waals surface area (Å²) >= 11 is 0. The molecule has 0 rings (SSSR count). The highest BCUT2D eigenvalue weighted by Gasteiger charge is 2.37. The maximum atomic E-state index is 6.61. The van der Waals surface area contributed by atoms with E-state index in [4.69, 9.17) is 13.0 Å². The first-order chi connectivity index (χ1) is 8.45. The van der Waals surface area contributed by atoms with E-state index in [1.165, 1.54) is 6.04 Å². The Hall–Kier alpha value is 0.531. The Morgan fingerprint density at radius 3 is 1.63 bits per heavy atom. The van der Waals surface area contributed by atoms with Gasteiger partial charge >= 0.3 is 8.56 Å². The van der Waals surface area contributed by atoms with Crippen molar-refractivity contribution in [3.63, 3.8) is 0 Å². The van der Waals surface area contributed by atoms with Gasteiger partial charge in [-0.05, 0) is 56.8 Å². The van der Waals surface area contributed by atoms with Crippen LogP contribution in [0.15, 0.2) is 0 Å². The molecule has 0 aliphatic heterocycles. The van der Waals surface area contributed by atoms with Gasteiger partial charge in [-0.25, -0.2) is 0 Å². The van der Waals surface area contributed by atoms with E-state index in [1.54, 1.807) is 14.2 Å². The minimum Gasteiger partial charge on any atom is -0.455 e. The summed E-state index contributed by atoms with van der Waals surface area (Å²) in [6.07, 6.45) is 0. The van der Waals surface area contributed by atoms with Gasteiger partial charge in [-0.2, -0.15) is 0 Å². The summed E-state index contributed by atoms with van der Waals surface area (Å²) in [5.74, 6) is 0.726. The first-order valence-corrected chi connectivity index (χ1v) is 16.0. The second kappa shape index (κ2) is 7.51. The van der Waals surface area contributed by atoms with Crippen LogP contribution in [0, 0.1) is 5.92 Å². The van der Waals surface area contributed by atoms with E-state index in [0.29, 0.717) is 0 Å². The van der Waals surface area contributed by atoms with Gasteiger partial charge in [0.1, 0.15) is 0 Å². The monoisotopic (exact) mass is 322 g/mol. The van der Waals surface area contributed by atoms with Crippen molar-refractivity contribution in [1.82, 2.24) is 0 Å². The Balaban J connectivity index is 4.47. The van der Waals surface area contributed by atoms with Crippen molar-refractivity contribution in [3.05, 3.63) is 0 Å². The molecule has 0 fully saturated rings. The summed E-state index contributed by atoms with van der Waals surface area (Å²) in [6, 6.07) is 3.41. The Morgan fingerprint density at radius 2 is 1.26 bits per heavy atom. The molecular formula is C13H34O3Si3. The minimum absolute atomic E-state index is 0.726. The Morgan fingerprint density at radius 1 is 0.789 bits per heavy atom. The maximum Gasteiger partial charge on any atom is 0.334 e. The predicted octanol–water partition coefficient (Wildman–Crippen LogP) is 4.43. The summed E-state index contributed by atoms with van der Waals surface area (Å²) < 4.78 is 17.8. The molecular weight excluding hydrogens is 288 g/mol. The molecule has 0 amide bonds. The van der Waals surface area contributed by atoms with Gasteiger partial charge in [0.15, 0.2) is 16.6 Å². The highest BCUT2D eigenvalue weighted by atomic mass is 28.4. The SMILES string of the molecule is CO[Si](C)(CC[Si](C)(C)O[Si](C)(C)CC(C)C)OC. The van der Waals surface area contributed by atoms with Gasteiger partial charge in [0, 0.05) is 14.2 Å². The van der Waals surface area contributed by atoms with Gasteiger partial charge in [-0.1, -0.05) is 13.8 Å². The van der Waals surface area contributed by atoms with Crippen molar-refractivity contribution in [2.24, 2.45) is 5.92 Å². The molecule has 0 aromatic rings. The quantitative estimate of drug-likeness (QED) is 0.588. The Bertz CT molecular complexity index is 264. The van der Waals surface area contributed by atoms with E-state index in [9.17, 15) is 0 Å². The molecule has 0 N–H and O–H groups in total. The van der Waals surface area contributed by atoms with Crippen LogP contribution in [0.1, 0.15) is 13.8 Å². The lowest BCUT2D eigenvalue weighted by atomic mass is 10.3. The van der Waals surface area contributed by atoms with Crippen LogP contribution in [0.4, 0.5) is 0 Å². The van der Waals surface area contributed by atoms with Crippen molar-refractivity contribution in [2.75, 3.05) is 14.2 Å². The van der Waals surface area contributed by atoms with Crippen LogP contribution in [-0.2, 0) is 13.0 Å². The van der Waals surface area contributed by atoms with Crippen LogP contribution in [0.25, 0.3) is 0 Å². The molecule has 0 aromatic carbocycles. The van der Waals surface area contributed by atoms with Gasteiger partial charge < -0.3 is 13.0 Å². The largest absolute Gasteiger partial charge is 0.455 e.